The summed E-state index contributed by atoms with van der Waals surface area (Å²) in [7, 11) is 0. The van der Waals surface area contributed by atoms with Gasteiger partial charge in [-0.2, -0.15) is 0 Å². The molecular formula is C15H22N2S. The number of para-hydroxylation sites is 1. The van der Waals surface area contributed by atoms with Gasteiger partial charge in [-0.05, 0) is 31.5 Å². The summed E-state index contributed by atoms with van der Waals surface area (Å²) >= 11 is 1.84. The molecule has 1 heterocycles. The highest BCUT2D eigenvalue weighted by molar-refractivity contribution is 7.18. The summed E-state index contributed by atoms with van der Waals surface area (Å²) in [5.41, 5.74) is 1.14. The summed E-state index contributed by atoms with van der Waals surface area (Å²) in [6.07, 6.45) is 2.29. The quantitative estimate of drug-likeness (QED) is 0.855. The van der Waals surface area contributed by atoms with Crippen molar-refractivity contribution in [3.8, 4) is 0 Å². The molecule has 0 aliphatic heterocycles. The summed E-state index contributed by atoms with van der Waals surface area (Å²) in [5.74, 6) is 0.672. The van der Waals surface area contributed by atoms with E-state index in [0.29, 0.717) is 12.0 Å². The minimum atomic E-state index is 0.562. The first-order chi connectivity index (χ1) is 8.74. The predicted molar refractivity (Wildman–Crippen MR) is 80.2 cm³/mol. The monoisotopic (exact) mass is 262 g/mol. The molecule has 0 aliphatic carbocycles. The van der Waals surface area contributed by atoms with Crippen molar-refractivity contribution in [3.05, 3.63) is 29.3 Å². The fourth-order valence-electron chi connectivity index (χ4n) is 2.39. The number of hydrogen-bond donors (Lipinski definition) is 1. The zero-order valence-corrected chi connectivity index (χ0v) is 12.3. The van der Waals surface area contributed by atoms with Gasteiger partial charge in [-0.3, -0.25) is 0 Å². The van der Waals surface area contributed by atoms with Gasteiger partial charge in [0, 0.05) is 12.5 Å². The van der Waals surface area contributed by atoms with Crippen molar-refractivity contribution in [1.29, 1.82) is 0 Å². The van der Waals surface area contributed by atoms with Crippen LogP contribution in [0.15, 0.2) is 24.3 Å². The molecule has 0 spiro atoms. The molecule has 0 saturated heterocycles. The molecule has 2 nitrogen and oxygen atoms in total. The van der Waals surface area contributed by atoms with Gasteiger partial charge in [0.05, 0.1) is 15.2 Å². The number of hydrogen-bond acceptors (Lipinski definition) is 3. The highest BCUT2D eigenvalue weighted by Gasteiger charge is 2.17. The van der Waals surface area contributed by atoms with Gasteiger partial charge < -0.3 is 5.32 Å². The Labute approximate surface area is 113 Å². The van der Waals surface area contributed by atoms with Crippen molar-refractivity contribution in [2.24, 2.45) is 5.92 Å². The van der Waals surface area contributed by atoms with Crippen LogP contribution < -0.4 is 5.32 Å². The number of nitrogens with zero attached hydrogens (tertiary/aromatic N) is 1. The third kappa shape index (κ3) is 3.09. The van der Waals surface area contributed by atoms with E-state index < -0.39 is 0 Å². The van der Waals surface area contributed by atoms with Crippen LogP contribution in [-0.4, -0.2) is 17.6 Å². The lowest BCUT2D eigenvalue weighted by Crippen LogP contribution is -2.34. The van der Waals surface area contributed by atoms with E-state index in [9.17, 15) is 0 Å². The topological polar surface area (TPSA) is 24.9 Å². The first-order valence-corrected chi connectivity index (χ1v) is 7.64. The molecular weight excluding hydrogens is 240 g/mol. The summed E-state index contributed by atoms with van der Waals surface area (Å²) in [5, 5.41) is 4.80. The lowest BCUT2D eigenvalue weighted by Gasteiger charge is -2.22. The van der Waals surface area contributed by atoms with E-state index in [1.807, 2.05) is 11.3 Å². The second-order valence-corrected chi connectivity index (χ2v) is 5.91. The van der Waals surface area contributed by atoms with Gasteiger partial charge in [-0.25, -0.2) is 4.98 Å². The Morgan fingerprint density at radius 2 is 2.06 bits per heavy atom. The number of fused-ring (bicyclic) bond motifs is 1. The number of aromatic nitrogens is 1. The summed E-state index contributed by atoms with van der Waals surface area (Å²) in [6.45, 7) is 7.76. The van der Waals surface area contributed by atoms with Crippen LogP contribution in [0.25, 0.3) is 10.2 Å². The molecule has 1 aromatic heterocycles. The average Bonchev–Trinajstić information content (AvgIpc) is 2.78. The van der Waals surface area contributed by atoms with E-state index in [4.69, 9.17) is 4.98 Å². The van der Waals surface area contributed by atoms with E-state index >= 15 is 0 Å². The first-order valence-electron chi connectivity index (χ1n) is 6.82. The highest BCUT2D eigenvalue weighted by Crippen LogP contribution is 2.25. The maximum absolute atomic E-state index is 4.73. The molecule has 0 radical (unpaired) electrons. The van der Waals surface area contributed by atoms with Crippen LogP contribution in [-0.2, 0) is 6.42 Å². The van der Waals surface area contributed by atoms with Crippen LogP contribution in [0, 0.1) is 5.92 Å². The fourth-order valence-corrected chi connectivity index (χ4v) is 3.45. The first kappa shape index (κ1) is 13.5. The molecule has 2 atom stereocenters. The van der Waals surface area contributed by atoms with Crippen LogP contribution in [0.4, 0.5) is 0 Å². The highest BCUT2D eigenvalue weighted by atomic mass is 32.1. The number of thiazole rings is 1. The van der Waals surface area contributed by atoms with Crippen molar-refractivity contribution in [2.45, 2.75) is 39.7 Å². The van der Waals surface area contributed by atoms with Gasteiger partial charge >= 0.3 is 0 Å². The van der Waals surface area contributed by atoms with E-state index in [1.165, 1.54) is 16.1 Å². The molecule has 2 aromatic rings. The maximum atomic E-state index is 4.73. The lowest BCUT2D eigenvalue weighted by molar-refractivity contribution is 0.367. The molecule has 18 heavy (non-hydrogen) atoms. The molecule has 0 amide bonds. The zero-order valence-electron chi connectivity index (χ0n) is 11.4. The van der Waals surface area contributed by atoms with Crippen molar-refractivity contribution in [3.63, 3.8) is 0 Å². The third-order valence-corrected chi connectivity index (χ3v) is 4.59. The maximum Gasteiger partial charge on any atom is 0.0941 e. The van der Waals surface area contributed by atoms with Crippen LogP contribution in [0.3, 0.4) is 0 Å². The Morgan fingerprint density at radius 1 is 1.28 bits per heavy atom. The van der Waals surface area contributed by atoms with Gasteiger partial charge in [0.1, 0.15) is 0 Å². The molecule has 1 aromatic carbocycles. The van der Waals surface area contributed by atoms with E-state index in [0.717, 1.165) is 18.5 Å². The van der Waals surface area contributed by atoms with Crippen molar-refractivity contribution in [2.75, 3.05) is 6.54 Å². The average molecular weight is 262 g/mol. The van der Waals surface area contributed by atoms with Crippen molar-refractivity contribution < 1.29 is 0 Å². The summed E-state index contributed by atoms with van der Waals surface area (Å²) in [6, 6.07) is 8.97. The fraction of sp³-hybridized carbons (Fsp3) is 0.533. The van der Waals surface area contributed by atoms with E-state index in [1.54, 1.807) is 0 Å². The number of benzene rings is 1. The third-order valence-electron chi connectivity index (χ3n) is 3.53. The predicted octanol–water partition coefficient (Wildman–Crippen LogP) is 3.86. The Kier molecular flexibility index (Phi) is 4.72. The Balaban J connectivity index is 2.11. The normalized spacial score (nSPS) is 14.8. The Bertz CT molecular complexity index is 459. The van der Waals surface area contributed by atoms with E-state index in [2.05, 4.69) is 50.4 Å². The Morgan fingerprint density at radius 3 is 2.72 bits per heavy atom. The largest absolute Gasteiger partial charge is 0.314 e. The summed E-state index contributed by atoms with van der Waals surface area (Å²) < 4.78 is 1.30. The van der Waals surface area contributed by atoms with Gasteiger partial charge in [0.15, 0.2) is 0 Å². The van der Waals surface area contributed by atoms with Crippen molar-refractivity contribution >= 4 is 21.6 Å². The number of rotatable bonds is 6. The molecule has 0 aliphatic rings. The minimum absolute atomic E-state index is 0.562. The lowest BCUT2D eigenvalue weighted by atomic mass is 9.95. The molecule has 0 saturated carbocycles. The van der Waals surface area contributed by atoms with Gasteiger partial charge in [0.2, 0.25) is 0 Å². The number of nitrogens with one attached hydrogen (secondary N) is 1. The smallest absolute Gasteiger partial charge is 0.0941 e. The molecule has 2 rings (SSSR count). The molecule has 0 bridgehead atoms. The van der Waals surface area contributed by atoms with E-state index in [-0.39, 0.29) is 0 Å². The van der Waals surface area contributed by atoms with Gasteiger partial charge in [-0.1, -0.05) is 32.4 Å². The SMILES string of the molecule is CCNC(C)C(CC)Cc1nc2ccccc2s1. The molecule has 98 valence electrons. The molecule has 3 heteroatoms. The molecule has 0 fully saturated rings. The van der Waals surface area contributed by atoms with Crippen LogP contribution in [0.1, 0.15) is 32.2 Å². The zero-order chi connectivity index (χ0) is 13.0. The second-order valence-electron chi connectivity index (χ2n) is 4.79. The summed E-state index contributed by atoms with van der Waals surface area (Å²) in [4.78, 5) is 4.73. The second kappa shape index (κ2) is 6.30. The standard InChI is InChI=1S/C15H22N2S/c1-4-12(11(3)16-5-2)10-15-17-13-8-6-7-9-14(13)18-15/h6-9,11-12,16H,4-5,10H2,1-3H3. The van der Waals surface area contributed by atoms with Crippen molar-refractivity contribution in [1.82, 2.24) is 10.3 Å². The van der Waals surface area contributed by atoms with Crippen LogP contribution in [0.2, 0.25) is 0 Å². The van der Waals surface area contributed by atoms with Gasteiger partial charge in [-0.15, -0.1) is 11.3 Å². The Hall–Kier alpha value is -0.930. The molecule has 1 N–H and O–H groups in total. The minimum Gasteiger partial charge on any atom is -0.314 e. The van der Waals surface area contributed by atoms with Gasteiger partial charge in [0.25, 0.3) is 0 Å². The van der Waals surface area contributed by atoms with Crippen LogP contribution >= 0.6 is 11.3 Å². The van der Waals surface area contributed by atoms with Crippen LogP contribution in [0.5, 0.6) is 0 Å². The molecule has 2 unspecified atom stereocenters.